The second-order valence-electron chi connectivity index (χ2n) is 5.71. The molecule has 1 unspecified atom stereocenters. The fraction of sp³-hybridized carbons (Fsp3) is 0.167. The van der Waals surface area contributed by atoms with Gasteiger partial charge in [-0.2, -0.15) is 4.99 Å². The summed E-state index contributed by atoms with van der Waals surface area (Å²) in [6.07, 6.45) is 0.314. The van der Waals surface area contributed by atoms with Crippen LogP contribution in [0.2, 0.25) is 0 Å². The average molecular weight is 385 g/mol. The minimum absolute atomic E-state index is 0.0663. The van der Waals surface area contributed by atoms with Gasteiger partial charge in [0.25, 0.3) is 11.6 Å². The Bertz CT molecular complexity index is 1120. The third-order valence-electron chi connectivity index (χ3n) is 4.02. The van der Waals surface area contributed by atoms with Gasteiger partial charge in [-0.3, -0.25) is 14.9 Å². The van der Waals surface area contributed by atoms with Gasteiger partial charge in [-0.1, -0.05) is 36.5 Å². The quantitative estimate of drug-likeness (QED) is 0.534. The molecule has 2 aromatic carbocycles. The van der Waals surface area contributed by atoms with Gasteiger partial charge in [-0.15, -0.1) is 0 Å². The molecule has 0 spiro atoms. The van der Waals surface area contributed by atoms with Crippen LogP contribution in [0.5, 0.6) is 0 Å². The number of nitro benzene ring substituents is 1. The van der Waals surface area contributed by atoms with Crippen molar-refractivity contribution in [2.75, 3.05) is 0 Å². The van der Waals surface area contributed by atoms with Crippen LogP contribution in [0.1, 0.15) is 29.7 Å². The predicted molar refractivity (Wildman–Crippen MR) is 99.8 cm³/mol. The van der Waals surface area contributed by atoms with Crippen LogP contribution in [0.4, 0.5) is 5.69 Å². The monoisotopic (exact) mass is 385 g/mol. The van der Waals surface area contributed by atoms with Crippen molar-refractivity contribution in [3.63, 3.8) is 0 Å². The van der Waals surface area contributed by atoms with Crippen LogP contribution in [0.25, 0.3) is 10.2 Å². The van der Waals surface area contributed by atoms with E-state index in [4.69, 9.17) is 0 Å². The molecule has 0 saturated carbocycles. The summed E-state index contributed by atoms with van der Waals surface area (Å²) in [5.74, 6) is -1.69. The number of nitro groups is 1. The maximum absolute atomic E-state index is 12.6. The maximum atomic E-state index is 12.6. The van der Waals surface area contributed by atoms with Crippen molar-refractivity contribution in [3.05, 3.63) is 69.0 Å². The van der Waals surface area contributed by atoms with E-state index in [-0.39, 0.29) is 16.1 Å². The van der Waals surface area contributed by atoms with Crippen LogP contribution < -0.4 is 4.80 Å². The molecule has 0 aliphatic carbocycles. The number of para-hydroxylation sites is 1. The zero-order valence-corrected chi connectivity index (χ0v) is 15.0. The van der Waals surface area contributed by atoms with Gasteiger partial charge >= 0.3 is 5.97 Å². The van der Waals surface area contributed by atoms with E-state index in [1.807, 2.05) is 12.1 Å². The van der Waals surface area contributed by atoms with E-state index in [0.717, 1.165) is 10.8 Å². The van der Waals surface area contributed by atoms with Crippen LogP contribution in [-0.4, -0.2) is 26.5 Å². The normalized spacial score (nSPS) is 12.9. The summed E-state index contributed by atoms with van der Waals surface area (Å²) in [6.45, 7) is 1.74. The van der Waals surface area contributed by atoms with Gasteiger partial charge < -0.3 is 9.67 Å². The van der Waals surface area contributed by atoms with Crippen molar-refractivity contribution in [3.8, 4) is 0 Å². The molecule has 0 bridgehead atoms. The lowest BCUT2D eigenvalue weighted by Gasteiger charge is -2.13. The molecular weight excluding hydrogens is 370 g/mol. The molecule has 9 heteroatoms. The van der Waals surface area contributed by atoms with Crippen molar-refractivity contribution in [1.82, 2.24) is 4.57 Å². The number of carbonyl (C=O) groups is 2. The Morgan fingerprint density at radius 2 is 2.00 bits per heavy atom. The fourth-order valence-corrected chi connectivity index (χ4v) is 3.81. The molecule has 1 heterocycles. The first-order valence-electron chi connectivity index (χ1n) is 8.08. The fourth-order valence-electron chi connectivity index (χ4n) is 2.74. The Hall–Kier alpha value is -3.33. The lowest BCUT2D eigenvalue weighted by Crippen LogP contribution is -2.27. The van der Waals surface area contributed by atoms with Gasteiger partial charge in [0, 0.05) is 17.7 Å². The van der Waals surface area contributed by atoms with Crippen LogP contribution in [0, 0.1) is 10.1 Å². The smallest absolute Gasteiger partial charge is 0.326 e. The zero-order valence-electron chi connectivity index (χ0n) is 14.2. The highest BCUT2D eigenvalue weighted by atomic mass is 32.1. The van der Waals surface area contributed by atoms with E-state index in [9.17, 15) is 24.8 Å². The van der Waals surface area contributed by atoms with Crippen molar-refractivity contribution >= 4 is 39.1 Å². The third-order valence-corrected chi connectivity index (χ3v) is 5.05. The number of benzene rings is 2. The molecule has 0 aliphatic rings. The Labute approximate surface area is 157 Å². The highest BCUT2D eigenvalue weighted by Gasteiger charge is 2.22. The molecular formula is C18H15N3O5S. The molecule has 1 N–H and O–H groups in total. The topological polar surface area (TPSA) is 115 Å². The van der Waals surface area contributed by atoms with Gasteiger partial charge in [0.15, 0.2) is 4.80 Å². The van der Waals surface area contributed by atoms with Gasteiger partial charge in [0.1, 0.15) is 6.04 Å². The van der Waals surface area contributed by atoms with Crippen LogP contribution in [0.15, 0.2) is 53.5 Å². The number of aliphatic carboxylic acids is 1. The molecule has 27 heavy (non-hydrogen) atoms. The first-order valence-corrected chi connectivity index (χ1v) is 8.90. The number of fused-ring (bicyclic) bond motifs is 1. The summed E-state index contributed by atoms with van der Waals surface area (Å²) in [6, 6.07) is 11.6. The summed E-state index contributed by atoms with van der Waals surface area (Å²) >= 11 is 1.20. The molecule has 3 aromatic rings. The Morgan fingerprint density at radius 3 is 2.67 bits per heavy atom. The van der Waals surface area contributed by atoms with E-state index in [0.29, 0.717) is 11.9 Å². The summed E-state index contributed by atoms with van der Waals surface area (Å²) < 4.78 is 2.32. The van der Waals surface area contributed by atoms with Gasteiger partial charge in [-0.25, -0.2) is 4.79 Å². The first-order chi connectivity index (χ1) is 12.9. The summed E-state index contributed by atoms with van der Waals surface area (Å²) in [5.41, 5.74) is 0.524. The zero-order chi connectivity index (χ0) is 19.6. The minimum atomic E-state index is -1.02. The largest absolute Gasteiger partial charge is 0.480 e. The lowest BCUT2D eigenvalue weighted by molar-refractivity contribution is -0.384. The van der Waals surface area contributed by atoms with Crippen molar-refractivity contribution in [2.45, 2.75) is 19.4 Å². The lowest BCUT2D eigenvalue weighted by atomic mass is 10.2. The number of rotatable bonds is 5. The standard InChI is InChI=1S/C18H15N3O5S/c1-2-13(17(23)24)20-14-8-3-4-9-15(14)27-18(20)19-16(22)11-6-5-7-12(10-11)21(25)26/h3-10,13H,2H2,1H3,(H,23,24)/b19-18-. The number of amides is 1. The van der Waals surface area contributed by atoms with Crippen molar-refractivity contribution < 1.29 is 19.6 Å². The van der Waals surface area contributed by atoms with Gasteiger partial charge in [-0.05, 0) is 24.6 Å². The number of hydrogen-bond donors (Lipinski definition) is 1. The second kappa shape index (κ2) is 7.50. The summed E-state index contributed by atoms with van der Waals surface area (Å²) in [4.78, 5) is 38.9. The predicted octanol–water partition coefficient (Wildman–Crippen LogP) is 3.39. The van der Waals surface area contributed by atoms with Crippen molar-refractivity contribution in [1.29, 1.82) is 0 Å². The first kappa shape index (κ1) is 18.5. The number of hydrogen-bond acceptors (Lipinski definition) is 5. The highest BCUT2D eigenvalue weighted by Crippen LogP contribution is 2.23. The number of carbonyl (C=O) groups excluding carboxylic acids is 1. The molecule has 1 atom stereocenters. The van der Waals surface area contributed by atoms with E-state index in [1.54, 1.807) is 19.1 Å². The van der Waals surface area contributed by atoms with Crippen LogP contribution in [-0.2, 0) is 4.79 Å². The SMILES string of the molecule is CCC(C(=O)O)n1/c(=N/C(=O)c2cccc([N+](=O)[O-])c2)sc2ccccc21. The van der Waals surface area contributed by atoms with E-state index < -0.39 is 22.8 Å². The molecule has 8 nitrogen and oxygen atoms in total. The molecule has 0 radical (unpaired) electrons. The van der Waals surface area contributed by atoms with Crippen LogP contribution in [0.3, 0.4) is 0 Å². The van der Waals surface area contributed by atoms with Crippen molar-refractivity contribution in [2.24, 2.45) is 4.99 Å². The molecule has 0 aliphatic heterocycles. The number of non-ortho nitro benzene ring substituents is 1. The number of thiazole rings is 1. The molecule has 1 amide bonds. The highest BCUT2D eigenvalue weighted by molar-refractivity contribution is 7.16. The Balaban J connectivity index is 2.18. The van der Waals surface area contributed by atoms with Gasteiger partial charge in [0.05, 0.1) is 15.1 Å². The summed E-state index contributed by atoms with van der Waals surface area (Å²) in [5, 5.41) is 20.5. The second-order valence-corrected chi connectivity index (χ2v) is 6.72. The average Bonchev–Trinajstić information content (AvgIpc) is 3.00. The minimum Gasteiger partial charge on any atom is -0.480 e. The Morgan fingerprint density at radius 1 is 1.26 bits per heavy atom. The maximum Gasteiger partial charge on any atom is 0.326 e. The number of carboxylic acid groups (broad SMARTS) is 1. The Kier molecular flexibility index (Phi) is 5.13. The number of nitrogens with zero attached hydrogens (tertiary/aromatic N) is 3. The molecule has 1 aromatic heterocycles. The van der Waals surface area contributed by atoms with E-state index in [2.05, 4.69) is 4.99 Å². The van der Waals surface area contributed by atoms with Crippen LogP contribution >= 0.6 is 11.3 Å². The van der Waals surface area contributed by atoms with Gasteiger partial charge in [0.2, 0.25) is 0 Å². The molecule has 0 fully saturated rings. The molecule has 3 rings (SSSR count). The summed E-state index contributed by atoms with van der Waals surface area (Å²) in [7, 11) is 0. The number of aromatic nitrogens is 1. The third kappa shape index (κ3) is 3.63. The van der Waals surface area contributed by atoms with E-state index >= 15 is 0 Å². The number of carboxylic acids is 1. The molecule has 138 valence electrons. The molecule has 0 saturated heterocycles. The van der Waals surface area contributed by atoms with E-state index in [1.165, 1.54) is 34.1 Å².